The first kappa shape index (κ1) is 13.4. The lowest BCUT2D eigenvalue weighted by Gasteiger charge is -2.21. The van der Waals surface area contributed by atoms with E-state index in [2.05, 4.69) is 25.7 Å². The van der Waals surface area contributed by atoms with Gasteiger partial charge in [-0.05, 0) is 30.7 Å². The van der Waals surface area contributed by atoms with Crippen LogP contribution in [-0.2, 0) is 0 Å². The van der Waals surface area contributed by atoms with Gasteiger partial charge in [0.2, 0.25) is 0 Å². The van der Waals surface area contributed by atoms with Crippen LogP contribution >= 0.6 is 11.3 Å². The first-order valence-corrected chi connectivity index (χ1v) is 6.58. The molecule has 0 aliphatic heterocycles. The predicted molar refractivity (Wildman–Crippen MR) is 70.7 cm³/mol. The lowest BCUT2D eigenvalue weighted by Crippen LogP contribution is -2.34. The maximum absolute atomic E-state index is 9.90. The highest BCUT2D eigenvalue weighted by molar-refractivity contribution is 7.10. The fourth-order valence-corrected chi connectivity index (χ4v) is 2.26. The maximum atomic E-state index is 9.90. The number of aliphatic hydroxyl groups is 1. The van der Waals surface area contributed by atoms with Crippen molar-refractivity contribution in [3.63, 3.8) is 0 Å². The van der Waals surface area contributed by atoms with Gasteiger partial charge in [0.1, 0.15) is 6.10 Å². The largest absolute Gasteiger partial charge is 0.386 e. The Balaban J connectivity index is 2.31. The first-order chi connectivity index (χ1) is 7.65. The van der Waals surface area contributed by atoms with Crippen LogP contribution in [-0.4, -0.2) is 17.7 Å². The van der Waals surface area contributed by atoms with Crippen LogP contribution in [0.2, 0.25) is 0 Å². The molecule has 2 N–H and O–H groups in total. The van der Waals surface area contributed by atoms with Crippen molar-refractivity contribution in [2.75, 3.05) is 6.54 Å². The van der Waals surface area contributed by atoms with E-state index in [-0.39, 0.29) is 0 Å². The molecule has 0 aromatic carbocycles. The Morgan fingerprint density at radius 1 is 1.56 bits per heavy atom. The van der Waals surface area contributed by atoms with E-state index < -0.39 is 6.10 Å². The number of thiophene rings is 1. The van der Waals surface area contributed by atoms with E-state index in [0.717, 1.165) is 11.3 Å². The van der Waals surface area contributed by atoms with E-state index >= 15 is 0 Å². The summed E-state index contributed by atoms with van der Waals surface area (Å²) in [6.07, 6.45) is 2.56. The van der Waals surface area contributed by atoms with Crippen LogP contribution in [0.1, 0.15) is 31.2 Å². The van der Waals surface area contributed by atoms with Crippen molar-refractivity contribution in [3.05, 3.63) is 35.0 Å². The summed E-state index contributed by atoms with van der Waals surface area (Å²) in [6, 6.07) is 4.33. The van der Waals surface area contributed by atoms with Crippen molar-refractivity contribution in [1.29, 1.82) is 0 Å². The summed E-state index contributed by atoms with van der Waals surface area (Å²) in [5.41, 5.74) is 0. The minimum absolute atomic E-state index is 0.390. The smallest absolute Gasteiger partial charge is 0.101 e. The van der Waals surface area contributed by atoms with E-state index in [1.807, 2.05) is 23.6 Å². The van der Waals surface area contributed by atoms with Crippen LogP contribution in [0.25, 0.3) is 0 Å². The number of hydrogen-bond acceptors (Lipinski definition) is 3. The Bertz CT molecular complexity index is 297. The molecule has 3 unspecified atom stereocenters. The fourth-order valence-electron chi connectivity index (χ4n) is 1.55. The van der Waals surface area contributed by atoms with Gasteiger partial charge in [-0.1, -0.05) is 19.1 Å². The van der Waals surface area contributed by atoms with Gasteiger partial charge in [-0.2, -0.15) is 0 Å². The molecule has 1 aromatic rings. The fraction of sp³-hybridized carbons (Fsp3) is 0.538. The van der Waals surface area contributed by atoms with E-state index in [4.69, 9.17) is 0 Å². The van der Waals surface area contributed by atoms with Crippen LogP contribution in [0.4, 0.5) is 0 Å². The molecule has 3 heteroatoms. The Kier molecular flexibility index (Phi) is 5.74. The maximum Gasteiger partial charge on any atom is 0.101 e. The standard InChI is InChI=1S/C13H21NOS/c1-4-6-10(2)11(3)14-9-12(15)13-7-5-8-16-13/h4-5,7-8,10-12,14-15H,1,6,9H2,2-3H3. The Morgan fingerprint density at radius 3 is 2.88 bits per heavy atom. The quantitative estimate of drug-likeness (QED) is 0.717. The SMILES string of the molecule is C=CCC(C)C(C)NCC(O)c1cccs1. The molecule has 0 radical (unpaired) electrons. The zero-order chi connectivity index (χ0) is 12.0. The molecule has 0 amide bonds. The molecular formula is C13H21NOS. The van der Waals surface area contributed by atoms with Crippen molar-refractivity contribution < 1.29 is 5.11 Å². The van der Waals surface area contributed by atoms with Crippen LogP contribution in [0, 0.1) is 5.92 Å². The van der Waals surface area contributed by atoms with E-state index in [1.54, 1.807) is 11.3 Å². The van der Waals surface area contributed by atoms with Gasteiger partial charge in [0, 0.05) is 17.5 Å². The summed E-state index contributed by atoms with van der Waals surface area (Å²) >= 11 is 1.60. The monoisotopic (exact) mass is 239 g/mol. The van der Waals surface area contributed by atoms with Crippen LogP contribution in [0.15, 0.2) is 30.2 Å². The number of hydrogen-bond donors (Lipinski definition) is 2. The molecule has 0 spiro atoms. The molecule has 3 atom stereocenters. The van der Waals surface area contributed by atoms with Gasteiger partial charge >= 0.3 is 0 Å². The average molecular weight is 239 g/mol. The minimum Gasteiger partial charge on any atom is -0.386 e. The second-order valence-electron chi connectivity index (χ2n) is 4.23. The molecule has 0 aliphatic carbocycles. The third kappa shape index (κ3) is 4.08. The third-order valence-electron chi connectivity index (χ3n) is 2.90. The molecule has 1 aromatic heterocycles. The van der Waals surface area contributed by atoms with Gasteiger partial charge in [-0.25, -0.2) is 0 Å². The number of aliphatic hydroxyl groups excluding tert-OH is 1. The third-order valence-corrected chi connectivity index (χ3v) is 3.87. The zero-order valence-corrected chi connectivity index (χ0v) is 10.8. The van der Waals surface area contributed by atoms with Crippen molar-refractivity contribution >= 4 is 11.3 Å². The van der Waals surface area contributed by atoms with Crippen molar-refractivity contribution in [1.82, 2.24) is 5.32 Å². The summed E-state index contributed by atoms with van der Waals surface area (Å²) in [5, 5.41) is 15.3. The highest BCUT2D eigenvalue weighted by Gasteiger charge is 2.13. The average Bonchev–Trinajstić information content (AvgIpc) is 2.79. The van der Waals surface area contributed by atoms with Crippen molar-refractivity contribution in [3.8, 4) is 0 Å². The second kappa shape index (κ2) is 6.84. The van der Waals surface area contributed by atoms with Crippen LogP contribution < -0.4 is 5.32 Å². The summed E-state index contributed by atoms with van der Waals surface area (Å²) in [4.78, 5) is 1.02. The second-order valence-corrected chi connectivity index (χ2v) is 5.21. The lowest BCUT2D eigenvalue weighted by molar-refractivity contribution is 0.170. The molecule has 0 aliphatic rings. The van der Waals surface area contributed by atoms with Gasteiger partial charge in [0.25, 0.3) is 0 Å². The Hall–Kier alpha value is -0.640. The number of nitrogens with one attached hydrogen (secondary N) is 1. The van der Waals surface area contributed by atoms with Crippen LogP contribution in [0.5, 0.6) is 0 Å². The molecule has 0 saturated carbocycles. The van der Waals surface area contributed by atoms with Crippen LogP contribution in [0.3, 0.4) is 0 Å². The van der Waals surface area contributed by atoms with Gasteiger partial charge in [0.15, 0.2) is 0 Å². The highest BCUT2D eigenvalue weighted by atomic mass is 32.1. The lowest BCUT2D eigenvalue weighted by atomic mass is 10.00. The Morgan fingerprint density at radius 2 is 2.31 bits per heavy atom. The zero-order valence-electron chi connectivity index (χ0n) is 10.0. The van der Waals surface area contributed by atoms with Gasteiger partial charge in [0.05, 0.1) is 0 Å². The van der Waals surface area contributed by atoms with Crippen molar-refractivity contribution in [2.24, 2.45) is 5.92 Å². The van der Waals surface area contributed by atoms with E-state index in [9.17, 15) is 5.11 Å². The number of allylic oxidation sites excluding steroid dienone is 1. The molecule has 2 nitrogen and oxygen atoms in total. The topological polar surface area (TPSA) is 32.3 Å². The molecule has 1 rings (SSSR count). The molecule has 1 heterocycles. The summed E-state index contributed by atoms with van der Waals surface area (Å²) in [7, 11) is 0. The summed E-state index contributed by atoms with van der Waals surface area (Å²) in [6.45, 7) is 8.70. The molecule has 0 saturated heterocycles. The summed E-state index contributed by atoms with van der Waals surface area (Å²) in [5.74, 6) is 0.549. The van der Waals surface area contributed by atoms with E-state index in [0.29, 0.717) is 18.5 Å². The van der Waals surface area contributed by atoms with E-state index in [1.165, 1.54) is 0 Å². The summed E-state index contributed by atoms with van der Waals surface area (Å²) < 4.78 is 0. The first-order valence-electron chi connectivity index (χ1n) is 5.71. The van der Waals surface area contributed by atoms with Crippen molar-refractivity contribution in [2.45, 2.75) is 32.4 Å². The number of rotatable bonds is 7. The van der Waals surface area contributed by atoms with Gasteiger partial charge < -0.3 is 10.4 Å². The minimum atomic E-state index is -0.390. The normalized spacial score (nSPS) is 16.7. The van der Waals surface area contributed by atoms with Gasteiger partial charge in [-0.15, -0.1) is 17.9 Å². The van der Waals surface area contributed by atoms with Gasteiger partial charge in [-0.3, -0.25) is 0 Å². The molecule has 16 heavy (non-hydrogen) atoms. The highest BCUT2D eigenvalue weighted by Crippen LogP contribution is 2.18. The molecule has 0 fully saturated rings. The molecular weight excluding hydrogens is 218 g/mol. The molecule has 0 bridgehead atoms. The Labute approximate surface area is 102 Å². The molecule has 90 valence electrons. The predicted octanol–water partition coefficient (Wildman–Crippen LogP) is 2.97.